The Labute approximate surface area is 150 Å². The topological polar surface area (TPSA) is 75.3 Å². The molecule has 24 heavy (non-hydrogen) atoms. The molecule has 0 saturated carbocycles. The van der Waals surface area contributed by atoms with Crippen molar-refractivity contribution >= 4 is 43.4 Å². The van der Waals surface area contributed by atoms with Crippen LogP contribution in [0.15, 0.2) is 38.9 Å². The fourth-order valence-electron chi connectivity index (χ4n) is 2.29. The molecular weight excluding hydrogens is 394 g/mol. The minimum absolute atomic E-state index is 0.187. The molecule has 0 aliphatic carbocycles. The monoisotopic (exact) mass is 407 g/mol. The van der Waals surface area contributed by atoms with E-state index < -0.39 is 0 Å². The highest BCUT2D eigenvalue weighted by molar-refractivity contribution is 9.10. The quantitative estimate of drug-likeness (QED) is 0.720. The van der Waals surface area contributed by atoms with Crippen LogP contribution in [0, 0.1) is 0 Å². The summed E-state index contributed by atoms with van der Waals surface area (Å²) >= 11 is 4.72. The summed E-state index contributed by atoms with van der Waals surface area (Å²) in [6.45, 7) is 0.198. The molecule has 0 unspecified atom stereocenters. The van der Waals surface area contributed by atoms with Gasteiger partial charge in [-0.2, -0.15) is 0 Å². The molecule has 3 rings (SSSR count). The molecule has 0 fully saturated rings. The van der Waals surface area contributed by atoms with Crippen molar-refractivity contribution in [3.8, 4) is 5.75 Å². The lowest BCUT2D eigenvalue weighted by Crippen LogP contribution is -2.28. The van der Waals surface area contributed by atoms with Crippen molar-refractivity contribution in [1.82, 2.24) is 14.9 Å². The first-order valence-corrected chi connectivity index (χ1v) is 8.72. The van der Waals surface area contributed by atoms with E-state index in [1.54, 1.807) is 38.4 Å². The van der Waals surface area contributed by atoms with Crippen molar-refractivity contribution in [3.05, 3.63) is 55.9 Å². The second kappa shape index (κ2) is 6.74. The highest BCUT2D eigenvalue weighted by Crippen LogP contribution is 2.24. The molecule has 0 aliphatic heterocycles. The third-order valence-electron chi connectivity index (χ3n) is 3.50. The van der Waals surface area contributed by atoms with Crippen LogP contribution in [0.4, 0.5) is 0 Å². The number of aromatic amines is 1. The zero-order valence-electron chi connectivity index (χ0n) is 13.0. The molecule has 0 spiro atoms. The van der Waals surface area contributed by atoms with Crippen LogP contribution >= 0.6 is 27.3 Å². The van der Waals surface area contributed by atoms with Crippen LogP contribution in [0.1, 0.15) is 16.2 Å². The van der Waals surface area contributed by atoms with E-state index in [2.05, 4.69) is 25.9 Å². The summed E-state index contributed by atoms with van der Waals surface area (Å²) in [5, 5.41) is 1.82. The van der Waals surface area contributed by atoms with Crippen LogP contribution in [0.2, 0.25) is 0 Å². The predicted octanol–water partition coefficient (Wildman–Crippen LogP) is 3.03. The SMILES string of the molecule is COc1ccc(Br)c(C(=O)N(C)Cc2nc3ccsc3c(=O)[nH]2)c1. The molecule has 2 aromatic heterocycles. The smallest absolute Gasteiger partial charge is 0.268 e. The van der Waals surface area contributed by atoms with Gasteiger partial charge in [0, 0.05) is 11.5 Å². The van der Waals surface area contributed by atoms with Gasteiger partial charge in [-0.05, 0) is 45.6 Å². The molecule has 1 amide bonds. The fraction of sp³-hybridized carbons (Fsp3) is 0.188. The maximum absolute atomic E-state index is 12.7. The first-order chi connectivity index (χ1) is 11.5. The standard InChI is InChI=1S/C16H14BrN3O3S/c1-20(16(22)10-7-9(23-2)3-4-11(10)17)8-13-18-12-5-6-24-14(12)15(21)19-13/h3-7H,8H2,1-2H3,(H,18,19,21). The van der Waals surface area contributed by atoms with E-state index in [-0.39, 0.29) is 18.0 Å². The average molecular weight is 408 g/mol. The van der Waals surface area contributed by atoms with E-state index in [9.17, 15) is 9.59 Å². The maximum atomic E-state index is 12.7. The molecule has 1 aromatic carbocycles. The Balaban J connectivity index is 1.86. The summed E-state index contributed by atoms with van der Waals surface area (Å²) in [6, 6.07) is 6.99. The van der Waals surface area contributed by atoms with Crippen LogP contribution in [0.5, 0.6) is 5.75 Å². The number of nitrogens with zero attached hydrogens (tertiary/aromatic N) is 2. The van der Waals surface area contributed by atoms with Gasteiger partial charge in [0.25, 0.3) is 11.5 Å². The van der Waals surface area contributed by atoms with Gasteiger partial charge in [0.15, 0.2) is 0 Å². The lowest BCUT2D eigenvalue weighted by atomic mass is 10.2. The highest BCUT2D eigenvalue weighted by atomic mass is 79.9. The van der Waals surface area contributed by atoms with Crippen LogP contribution < -0.4 is 10.3 Å². The number of hydrogen-bond donors (Lipinski definition) is 1. The van der Waals surface area contributed by atoms with Gasteiger partial charge in [-0.15, -0.1) is 11.3 Å². The Morgan fingerprint density at radius 2 is 2.21 bits per heavy atom. The van der Waals surface area contributed by atoms with Crippen molar-refractivity contribution in [2.24, 2.45) is 0 Å². The highest BCUT2D eigenvalue weighted by Gasteiger charge is 2.17. The number of halogens is 1. The largest absolute Gasteiger partial charge is 0.497 e. The van der Waals surface area contributed by atoms with Gasteiger partial charge >= 0.3 is 0 Å². The molecule has 0 atom stereocenters. The Kier molecular flexibility index (Phi) is 4.68. The van der Waals surface area contributed by atoms with Crippen LogP contribution in [0.3, 0.4) is 0 Å². The van der Waals surface area contributed by atoms with Gasteiger partial charge in [-0.3, -0.25) is 9.59 Å². The number of ether oxygens (including phenoxy) is 1. The van der Waals surface area contributed by atoms with Gasteiger partial charge in [0.2, 0.25) is 0 Å². The van der Waals surface area contributed by atoms with Crippen molar-refractivity contribution in [3.63, 3.8) is 0 Å². The first-order valence-electron chi connectivity index (χ1n) is 7.05. The Morgan fingerprint density at radius 3 is 2.96 bits per heavy atom. The van der Waals surface area contributed by atoms with E-state index in [1.165, 1.54) is 16.2 Å². The fourth-order valence-corrected chi connectivity index (χ4v) is 3.44. The normalized spacial score (nSPS) is 10.8. The second-order valence-corrected chi connectivity index (χ2v) is 6.93. The van der Waals surface area contributed by atoms with Crippen LogP contribution in [-0.2, 0) is 6.54 Å². The van der Waals surface area contributed by atoms with Crippen molar-refractivity contribution in [2.75, 3.05) is 14.2 Å². The first kappa shape index (κ1) is 16.7. The Bertz CT molecular complexity index is 967. The van der Waals surface area contributed by atoms with Crippen LogP contribution in [-0.4, -0.2) is 34.9 Å². The maximum Gasteiger partial charge on any atom is 0.268 e. The molecule has 0 saturated heterocycles. The van der Waals surface area contributed by atoms with Crippen molar-refractivity contribution < 1.29 is 9.53 Å². The summed E-state index contributed by atoms with van der Waals surface area (Å²) in [4.78, 5) is 33.3. The Hall–Kier alpha value is -2.19. The van der Waals surface area contributed by atoms with Crippen molar-refractivity contribution in [1.29, 1.82) is 0 Å². The van der Waals surface area contributed by atoms with E-state index >= 15 is 0 Å². The number of amides is 1. The minimum Gasteiger partial charge on any atom is -0.497 e. The third kappa shape index (κ3) is 3.20. The number of carbonyl (C=O) groups excluding carboxylic acids is 1. The zero-order chi connectivity index (χ0) is 17.3. The number of hydrogen-bond acceptors (Lipinski definition) is 5. The van der Waals surface area contributed by atoms with Crippen molar-refractivity contribution in [2.45, 2.75) is 6.54 Å². The van der Waals surface area contributed by atoms with Gasteiger partial charge < -0.3 is 14.6 Å². The molecule has 0 radical (unpaired) electrons. The number of benzene rings is 1. The van der Waals surface area contributed by atoms with Crippen LogP contribution in [0.25, 0.3) is 10.2 Å². The zero-order valence-corrected chi connectivity index (χ0v) is 15.4. The molecule has 0 aliphatic rings. The molecule has 6 nitrogen and oxygen atoms in total. The number of H-pyrrole nitrogens is 1. The molecule has 8 heteroatoms. The lowest BCUT2D eigenvalue weighted by Gasteiger charge is -2.18. The molecule has 0 bridgehead atoms. The molecule has 3 aromatic rings. The number of methoxy groups -OCH3 is 1. The molecule has 2 heterocycles. The number of thiophene rings is 1. The van der Waals surface area contributed by atoms with Gasteiger partial charge in [-0.25, -0.2) is 4.98 Å². The number of nitrogens with one attached hydrogen (secondary N) is 1. The number of fused-ring (bicyclic) bond motifs is 1. The number of rotatable bonds is 4. The summed E-state index contributed by atoms with van der Waals surface area (Å²) in [5.74, 6) is 0.843. The van der Waals surface area contributed by atoms with E-state index in [4.69, 9.17) is 4.74 Å². The van der Waals surface area contributed by atoms with Gasteiger partial charge in [0.1, 0.15) is 16.3 Å². The number of aromatic nitrogens is 2. The van der Waals surface area contributed by atoms with E-state index in [0.29, 0.717) is 31.8 Å². The molecular formula is C16H14BrN3O3S. The van der Waals surface area contributed by atoms with Gasteiger partial charge in [0.05, 0.1) is 24.7 Å². The van der Waals surface area contributed by atoms with E-state index in [0.717, 1.165) is 0 Å². The predicted molar refractivity (Wildman–Crippen MR) is 96.7 cm³/mol. The molecule has 1 N–H and O–H groups in total. The summed E-state index contributed by atoms with van der Waals surface area (Å²) in [6.07, 6.45) is 0. The third-order valence-corrected chi connectivity index (χ3v) is 5.10. The summed E-state index contributed by atoms with van der Waals surface area (Å²) in [5.41, 5.74) is 0.936. The summed E-state index contributed by atoms with van der Waals surface area (Å²) < 4.78 is 6.43. The number of carbonyl (C=O) groups is 1. The Morgan fingerprint density at radius 1 is 1.42 bits per heavy atom. The van der Waals surface area contributed by atoms with E-state index in [1.807, 2.05) is 5.38 Å². The summed E-state index contributed by atoms with van der Waals surface area (Å²) in [7, 11) is 3.21. The minimum atomic E-state index is -0.200. The second-order valence-electron chi connectivity index (χ2n) is 5.15. The average Bonchev–Trinajstić information content (AvgIpc) is 3.03. The molecule has 124 valence electrons. The van der Waals surface area contributed by atoms with Gasteiger partial charge in [-0.1, -0.05) is 0 Å². The lowest BCUT2D eigenvalue weighted by molar-refractivity contribution is 0.0780.